The number of hydrogen-bond donors (Lipinski definition) is 1. The molecule has 1 amide bonds. The van der Waals surface area contributed by atoms with E-state index in [1.165, 1.54) is 25.1 Å². The molecule has 0 aromatic heterocycles. The van der Waals surface area contributed by atoms with Crippen LogP contribution in [0.3, 0.4) is 0 Å². The summed E-state index contributed by atoms with van der Waals surface area (Å²) in [6, 6.07) is 13.7. The molecule has 160 valence electrons. The number of ether oxygens (including phenoxy) is 2. The molecule has 1 saturated heterocycles. The fourth-order valence-electron chi connectivity index (χ4n) is 4.01. The van der Waals surface area contributed by atoms with E-state index < -0.39 is 0 Å². The Kier molecular flexibility index (Phi) is 6.43. The van der Waals surface area contributed by atoms with Gasteiger partial charge >= 0.3 is 0 Å². The molecule has 4 rings (SSSR count). The summed E-state index contributed by atoms with van der Waals surface area (Å²) in [7, 11) is 3.21. The van der Waals surface area contributed by atoms with Crippen molar-refractivity contribution >= 4 is 17.3 Å². The SMILES string of the molecule is COc1ccc(CC(=O)Nc2cccc(N3CCN(CC4CC4)CC3)c2)c(OC)c1. The molecule has 0 spiro atoms. The summed E-state index contributed by atoms with van der Waals surface area (Å²) < 4.78 is 10.6. The van der Waals surface area contributed by atoms with Crippen molar-refractivity contribution < 1.29 is 14.3 Å². The minimum Gasteiger partial charge on any atom is -0.497 e. The first-order chi connectivity index (χ1) is 14.6. The van der Waals surface area contributed by atoms with Crippen molar-refractivity contribution in [1.29, 1.82) is 0 Å². The monoisotopic (exact) mass is 409 g/mol. The van der Waals surface area contributed by atoms with E-state index in [1.807, 2.05) is 24.3 Å². The van der Waals surface area contributed by atoms with Crippen molar-refractivity contribution in [3.63, 3.8) is 0 Å². The maximum atomic E-state index is 12.6. The summed E-state index contributed by atoms with van der Waals surface area (Å²) in [6.45, 7) is 5.56. The Balaban J connectivity index is 1.34. The van der Waals surface area contributed by atoms with E-state index in [1.54, 1.807) is 20.3 Å². The van der Waals surface area contributed by atoms with E-state index in [0.717, 1.165) is 43.3 Å². The number of nitrogens with one attached hydrogen (secondary N) is 1. The van der Waals surface area contributed by atoms with Gasteiger partial charge in [-0.3, -0.25) is 9.69 Å². The first-order valence-corrected chi connectivity index (χ1v) is 10.7. The van der Waals surface area contributed by atoms with Gasteiger partial charge in [0.25, 0.3) is 0 Å². The molecule has 30 heavy (non-hydrogen) atoms. The smallest absolute Gasteiger partial charge is 0.228 e. The molecular weight excluding hydrogens is 378 g/mol. The maximum Gasteiger partial charge on any atom is 0.228 e. The Bertz CT molecular complexity index is 874. The lowest BCUT2D eigenvalue weighted by atomic mass is 10.1. The summed E-state index contributed by atoms with van der Waals surface area (Å²) in [5.74, 6) is 2.24. The van der Waals surface area contributed by atoms with Gasteiger partial charge in [-0.25, -0.2) is 0 Å². The molecule has 6 heteroatoms. The molecule has 2 aliphatic rings. The van der Waals surface area contributed by atoms with Crippen molar-refractivity contribution in [3.05, 3.63) is 48.0 Å². The topological polar surface area (TPSA) is 54.0 Å². The van der Waals surface area contributed by atoms with Gasteiger partial charge in [0.1, 0.15) is 11.5 Å². The highest BCUT2D eigenvalue weighted by atomic mass is 16.5. The predicted octanol–water partition coefficient (Wildman–Crippen LogP) is 3.42. The number of hydrogen-bond acceptors (Lipinski definition) is 5. The molecule has 0 bridgehead atoms. The lowest BCUT2D eigenvalue weighted by molar-refractivity contribution is -0.115. The lowest BCUT2D eigenvalue weighted by Crippen LogP contribution is -2.47. The second-order valence-electron chi connectivity index (χ2n) is 8.18. The average molecular weight is 410 g/mol. The Morgan fingerprint density at radius 3 is 2.53 bits per heavy atom. The number of rotatable bonds is 8. The van der Waals surface area contributed by atoms with Crippen LogP contribution in [-0.4, -0.2) is 57.8 Å². The molecule has 1 saturated carbocycles. The molecule has 2 aromatic carbocycles. The first kappa shape index (κ1) is 20.5. The van der Waals surface area contributed by atoms with Gasteiger partial charge < -0.3 is 19.7 Å². The summed E-state index contributed by atoms with van der Waals surface area (Å²) in [5.41, 5.74) is 2.82. The second kappa shape index (κ2) is 9.39. The minimum atomic E-state index is -0.0649. The second-order valence-corrected chi connectivity index (χ2v) is 8.18. The Morgan fingerprint density at radius 2 is 1.83 bits per heavy atom. The fourth-order valence-corrected chi connectivity index (χ4v) is 4.01. The largest absolute Gasteiger partial charge is 0.497 e. The molecule has 1 aliphatic carbocycles. The molecule has 6 nitrogen and oxygen atoms in total. The molecule has 1 N–H and O–H groups in total. The molecular formula is C24H31N3O3. The van der Waals surface area contributed by atoms with Crippen LogP contribution in [0, 0.1) is 5.92 Å². The summed E-state index contributed by atoms with van der Waals surface area (Å²) in [4.78, 5) is 17.6. The number of nitrogens with zero attached hydrogens (tertiary/aromatic N) is 2. The van der Waals surface area contributed by atoms with E-state index in [-0.39, 0.29) is 12.3 Å². The third-order valence-corrected chi connectivity index (χ3v) is 5.93. The Labute approximate surface area is 178 Å². The highest BCUT2D eigenvalue weighted by Gasteiger charge is 2.26. The summed E-state index contributed by atoms with van der Waals surface area (Å²) >= 11 is 0. The van der Waals surface area contributed by atoms with Gasteiger partial charge in [0.15, 0.2) is 0 Å². The van der Waals surface area contributed by atoms with Crippen molar-refractivity contribution in [3.8, 4) is 11.5 Å². The van der Waals surface area contributed by atoms with Crippen LogP contribution < -0.4 is 19.7 Å². The molecule has 1 heterocycles. The van der Waals surface area contributed by atoms with E-state index in [4.69, 9.17) is 9.47 Å². The van der Waals surface area contributed by atoms with Gasteiger partial charge in [-0.15, -0.1) is 0 Å². The molecule has 2 fully saturated rings. The summed E-state index contributed by atoms with van der Waals surface area (Å²) in [5, 5.41) is 3.03. The van der Waals surface area contributed by atoms with Crippen LogP contribution in [0.2, 0.25) is 0 Å². The van der Waals surface area contributed by atoms with Crippen LogP contribution in [0.1, 0.15) is 18.4 Å². The van der Waals surface area contributed by atoms with Crippen LogP contribution in [0.15, 0.2) is 42.5 Å². The molecule has 2 aromatic rings. The third kappa shape index (κ3) is 5.25. The normalized spacial score (nSPS) is 16.9. The quantitative estimate of drug-likeness (QED) is 0.724. The van der Waals surface area contributed by atoms with Crippen LogP contribution in [-0.2, 0) is 11.2 Å². The van der Waals surface area contributed by atoms with E-state index >= 15 is 0 Å². The zero-order valence-electron chi connectivity index (χ0n) is 17.9. The van der Waals surface area contributed by atoms with Crippen molar-refractivity contribution in [2.75, 3.05) is 57.2 Å². The number of benzene rings is 2. The van der Waals surface area contributed by atoms with Gasteiger partial charge in [-0.05, 0) is 43.0 Å². The van der Waals surface area contributed by atoms with Gasteiger partial charge in [0, 0.05) is 55.7 Å². The van der Waals surface area contributed by atoms with E-state index in [0.29, 0.717) is 11.5 Å². The van der Waals surface area contributed by atoms with Crippen LogP contribution in [0.4, 0.5) is 11.4 Å². The van der Waals surface area contributed by atoms with Crippen molar-refractivity contribution in [2.24, 2.45) is 5.92 Å². The van der Waals surface area contributed by atoms with Crippen molar-refractivity contribution in [1.82, 2.24) is 4.90 Å². The zero-order chi connectivity index (χ0) is 20.9. The summed E-state index contributed by atoms with van der Waals surface area (Å²) in [6.07, 6.45) is 3.06. The Morgan fingerprint density at radius 1 is 1.03 bits per heavy atom. The van der Waals surface area contributed by atoms with Crippen LogP contribution >= 0.6 is 0 Å². The van der Waals surface area contributed by atoms with E-state index in [9.17, 15) is 4.79 Å². The average Bonchev–Trinajstić information content (AvgIpc) is 3.58. The van der Waals surface area contributed by atoms with Gasteiger partial charge in [0.05, 0.1) is 20.6 Å². The van der Waals surface area contributed by atoms with Crippen LogP contribution in [0.5, 0.6) is 11.5 Å². The predicted molar refractivity (Wildman–Crippen MR) is 120 cm³/mol. The zero-order valence-corrected chi connectivity index (χ0v) is 17.9. The molecule has 0 radical (unpaired) electrons. The highest BCUT2D eigenvalue weighted by molar-refractivity contribution is 5.93. The fraction of sp³-hybridized carbons (Fsp3) is 0.458. The van der Waals surface area contributed by atoms with E-state index in [2.05, 4.69) is 27.2 Å². The minimum absolute atomic E-state index is 0.0649. The Hall–Kier alpha value is -2.73. The number of methoxy groups -OCH3 is 2. The standard InChI is InChI=1S/C24H31N3O3/c1-29-22-9-8-19(23(16-22)30-2)14-24(28)25-20-4-3-5-21(15-20)27-12-10-26(11-13-27)17-18-6-7-18/h3-5,8-9,15-16,18H,6-7,10-14,17H2,1-2H3,(H,25,28). The van der Waals surface area contributed by atoms with Crippen LogP contribution in [0.25, 0.3) is 0 Å². The number of piperazine rings is 1. The number of amides is 1. The van der Waals surface area contributed by atoms with Gasteiger partial charge in [0.2, 0.25) is 5.91 Å². The number of carbonyl (C=O) groups is 1. The van der Waals surface area contributed by atoms with Crippen molar-refractivity contribution in [2.45, 2.75) is 19.3 Å². The molecule has 0 unspecified atom stereocenters. The van der Waals surface area contributed by atoms with Gasteiger partial charge in [-0.1, -0.05) is 12.1 Å². The van der Waals surface area contributed by atoms with Gasteiger partial charge in [-0.2, -0.15) is 0 Å². The number of anilines is 2. The maximum absolute atomic E-state index is 12.6. The third-order valence-electron chi connectivity index (χ3n) is 5.93. The molecule has 0 atom stereocenters. The number of carbonyl (C=O) groups excluding carboxylic acids is 1. The highest BCUT2D eigenvalue weighted by Crippen LogP contribution is 2.30. The lowest BCUT2D eigenvalue weighted by Gasteiger charge is -2.36. The first-order valence-electron chi connectivity index (χ1n) is 10.7. The molecule has 1 aliphatic heterocycles.